The first-order chi connectivity index (χ1) is 23.2. The molecule has 2 heterocycles. The summed E-state index contributed by atoms with van der Waals surface area (Å²) in [4.78, 5) is 16.1. The maximum absolute atomic E-state index is 13.5. The fraction of sp³-hybridized carbons (Fsp3) is 0.171. The maximum atomic E-state index is 13.5. The molecule has 0 aliphatic heterocycles. The van der Waals surface area contributed by atoms with E-state index >= 15 is 0 Å². The fourth-order valence-corrected chi connectivity index (χ4v) is 7.74. The smallest absolute Gasteiger partial charge is 0.179 e. The summed E-state index contributed by atoms with van der Waals surface area (Å²) in [6, 6.07) is 24.2. The molecule has 246 valence electrons. The van der Waals surface area contributed by atoms with Gasteiger partial charge in [0, 0.05) is 34.6 Å². The van der Waals surface area contributed by atoms with Gasteiger partial charge in [0.15, 0.2) is 9.84 Å². The zero-order valence-corrected chi connectivity index (χ0v) is 29.3. The van der Waals surface area contributed by atoms with E-state index in [9.17, 15) is 12.8 Å². The molecule has 0 spiro atoms. The van der Waals surface area contributed by atoms with E-state index in [0.29, 0.717) is 40.8 Å². The van der Waals surface area contributed by atoms with E-state index in [1.165, 1.54) is 29.8 Å². The van der Waals surface area contributed by atoms with E-state index in [0.717, 1.165) is 37.4 Å². The Kier molecular flexibility index (Phi) is 10.3. The summed E-state index contributed by atoms with van der Waals surface area (Å²) in [6.45, 7) is 1.10. The molecule has 0 radical (unpaired) electrons. The first kappa shape index (κ1) is 33.5. The molecule has 0 bridgehead atoms. The minimum Gasteiger partial charge on any atom is -0.496 e. The van der Waals surface area contributed by atoms with Gasteiger partial charge >= 0.3 is 0 Å². The van der Waals surface area contributed by atoms with Gasteiger partial charge in [-0.3, -0.25) is 4.90 Å². The highest BCUT2D eigenvalue weighted by atomic mass is 79.9. The van der Waals surface area contributed by atoms with Crippen LogP contribution in [0.2, 0.25) is 0 Å². The van der Waals surface area contributed by atoms with Crippen molar-refractivity contribution in [1.82, 2.24) is 19.9 Å². The van der Waals surface area contributed by atoms with Gasteiger partial charge in [-0.2, -0.15) is 0 Å². The van der Waals surface area contributed by atoms with E-state index in [-0.39, 0.29) is 18.2 Å². The Morgan fingerprint density at radius 2 is 1.81 bits per heavy atom. The second kappa shape index (κ2) is 14.8. The lowest BCUT2D eigenvalue weighted by atomic mass is 10.1. The highest BCUT2D eigenvalue weighted by molar-refractivity contribution is 9.10. The van der Waals surface area contributed by atoms with Crippen LogP contribution in [0, 0.1) is 5.82 Å². The Morgan fingerprint density at radius 1 is 0.979 bits per heavy atom. The third-order valence-corrected chi connectivity index (χ3v) is 10.7. The number of rotatable bonds is 13. The third kappa shape index (κ3) is 7.98. The lowest BCUT2D eigenvalue weighted by molar-refractivity contribution is 0.303. The highest BCUT2D eigenvalue weighted by Crippen LogP contribution is 2.37. The van der Waals surface area contributed by atoms with Crippen molar-refractivity contribution in [2.45, 2.75) is 18.0 Å². The summed E-state index contributed by atoms with van der Waals surface area (Å²) in [6.07, 6.45) is 1.49. The number of ether oxygens (including phenoxy) is 2. The Bertz CT molecular complexity index is 2170. The molecule has 2 aromatic heterocycles. The van der Waals surface area contributed by atoms with Crippen LogP contribution < -0.4 is 14.8 Å². The van der Waals surface area contributed by atoms with Crippen LogP contribution in [0.1, 0.15) is 10.6 Å². The fourth-order valence-electron chi connectivity index (χ4n) is 5.01. The molecule has 13 heteroatoms. The maximum Gasteiger partial charge on any atom is 0.179 e. The molecule has 0 aliphatic carbocycles. The molecule has 0 unspecified atom stereocenters. The minimum atomic E-state index is -3.37. The van der Waals surface area contributed by atoms with Crippen molar-refractivity contribution in [3.05, 3.63) is 117 Å². The molecule has 1 N–H and O–H groups in total. The second-order valence-electron chi connectivity index (χ2n) is 11.0. The molecular weight excluding hydrogens is 717 g/mol. The molecule has 9 nitrogen and oxygen atoms in total. The predicted octanol–water partition coefficient (Wildman–Crippen LogP) is 7.89. The van der Waals surface area contributed by atoms with Gasteiger partial charge in [0.2, 0.25) is 0 Å². The van der Waals surface area contributed by atoms with Gasteiger partial charge in [0.1, 0.15) is 41.1 Å². The average Bonchev–Trinajstić information content (AvgIpc) is 3.55. The van der Waals surface area contributed by atoms with Crippen molar-refractivity contribution in [2.24, 2.45) is 0 Å². The summed E-state index contributed by atoms with van der Waals surface area (Å²) in [5, 5.41) is 6.96. The van der Waals surface area contributed by atoms with Gasteiger partial charge in [-0.05, 0) is 77.1 Å². The van der Waals surface area contributed by atoms with Crippen LogP contribution in [0.25, 0.3) is 22.2 Å². The zero-order chi connectivity index (χ0) is 33.7. The van der Waals surface area contributed by atoms with Crippen LogP contribution in [0.4, 0.5) is 15.9 Å². The molecule has 0 saturated carbocycles. The summed E-state index contributed by atoms with van der Waals surface area (Å²) in [7, 11) is 0.115. The van der Waals surface area contributed by atoms with Crippen molar-refractivity contribution in [1.29, 1.82) is 0 Å². The number of anilines is 2. The van der Waals surface area contributed by atoms with Gasteiger partial charge in [-0.1, -0.05) is 30.3 Å². The van der Waals surface area contributed by atoms with E-state index in [1.54, 1.807) is 43.5 Å². The Labute approximate surface area is 290 Å². The summed E-state index contributed by atoms with van der Waals surface area (Å²) in [5.74, 6) is 1.54. The van der Waals surface area contributed by atoms with Crippen LogP contribution in [-0.2, 0) is 23.0 Å². The van der Waals surface area contributed by atoms with Gasteiger partial charge in [-0.15, -0.1) is 11.3 Å². The van der Waals surface area contributed by atoms with Crippen molar-refractivity contribution in [3.63, 3.8) is 0 Å². The summed E-state index contributed by atoms with van der Waals surface area (Å²) in [5.41, 5.74) is 3.71. The minimum absolute atomic E-state index is 0.0151. The quantitative estimate of drug-likeness (QED) is 0.126. The Hall–Kier alpha value is -4.43. The summed E-state index contributed by atoms with van der Waals surface area (Å²) < 4.78 is 51.4. The molecule has 48 heavy (non-hydrogen) atoms. The highest BCUT2D eigenvalue weighted by Gasteiger charge is 2.18. The largest absolute Gasteiger partial charge is 0.496 e. The summed E-state index contributed by atoms with van der Waals surface area (Å²) >= 11 is 5.08. The van der Waals surface area contributed by atoms with Gasteiger partial charge < -0.3 is 14.8 Å². The zero-order valence-electron chi connectivity index (χ0n) is 26.1. The molecular formula is C35H31BrFN5O4S2. The lowest BCUT2D eigenvalue weighted by Gasteiger charge is -2.15. The van der Waals surface area contributed by atoms with E-state index in [2.05, 4.69) is 31.2 Å². The third-order valence-electron chi connectivity index (χ3n) is 7.51. The van der Waals surface area contributed by atoms with Crippen LogP contribution in [0.5, 0.6) is 11.5 Å². The predicted molar refractivity (Wildman–Crippen MR) is 190 cm³/mol. The monoisotopic (exact) mass is 747 g/mol. The van der Waals surface area contributed by atoms with Crippen molar-refractivity contribution >= 4 is 59.5 Å². The van der Waals surface area contributed by atoms with E-state index in [1.807, 2.05) is 53.7 Å². The molecule has 6 rings (SSSR count). The van der Waals surface area contributed by atoms with E-state index < -0.39 is 9.84 Å². The topological polar surface area (TPSA) is 107 Å². The van der Waals surface area contributed by atoms with Crippen LogP contribution in [-0.4, -0.2) is 54.7 Å². The number of halogens is 2. The first-order valence-electron chi connectivity index (χ1n) is 14.9. The number of benzene rings is 4. The van der Waals surface area contributed by atoms with Crippen molar-refractivity contribution < 1.29 is 22.3 Å². The van der Waals surface area contributed by atoms with Gasteiger partial charge in [0.05, 0.1) is 40.0 Å². The molecule has 0 amide bonds. The number of sulfone groups is 1. The van der Waals surface area contributed by atoms with Gasteiger partial charge in [-0.25, -0.2) is 27.8 Å². The normalized spacial score (nSPS) is 11.6. The number of hydrogen-bond acceptors (Lipinski definition) is 10. The molecule has 0 aliphatic rings. The van der Waals surface area contributed by atoms with E-state index in [4.69, 9.17) is 14.5 Å². The number of methoxy groups -OCH3 is 1. The molecule has 4 aromatic carbocycles. The molecule has 0 fully saturated rings. The second-order valence-corrected chi connectivity index (χ2v) is 14.9. The lowest BCUT2D eigenvalue weighted by Crippen LogP contribution is -2.25. The van der Waals surface area contributed by atoms with Crippen LogP contribution in [0.3, 0.4) is 0 Å². The number of nitrogens with zero attached hydrogens (tertiary/aromatic N) is 4. The number of nitrogens with one attached hydrogen (secondary N) is 1. The molecule has 6 aromatic rings. The Morgan fingerprint density at radius 3 is 2.58 bits per heavy atom. The standard InChI is InChI=1S/C35H31BrFN5O4S2/c1-42(13-14-48(43,44)26-9-4-3-5-10-26)19-34-41-31(21-47-34)27-17-28-30(18-33(27)45-2)38-22-39-35(28)40-25-11-12-32(29(36)16-25)46-20-23-7-6-8-24(37)15-23/h3-12,15-18,21-22H,13-14,19-20H2,1-2H3,(H,38,39,40). The number of hydrogen-bond donors (Lipinski definition) is 1. The first-order valence-corrected chi connectivity index (χ1v) is 18.2. The van der Waals surface area contributed by atoms with Crippen LogP contribution >= 0.6 is 27.3 Å². The Balaban J connectivity index is 1.17. The number of thiazole rings is 1. The molecule has 0 saturated heterocycles. The SMILES string of the molecule is COc1cc2ncnc(Nc3ccc(OCc4cccc(F)c4)c(Br)c3)c2cc1-c1csc(CN(C)CCS(=O)(=O)c2ccccc2)n1. The van der Waals surface area contributed by atoms with Gasteiger partial charge in [0.25, 0.3) is 0 Å². The van der Waals surface area contributed by atoms with Crippen molar-refractivity contribution in [3.8, 4) is 22.8 Å². The number of aromatic nitrogens is 3. The average molecular weight is 749 g/mol. The number of fused-ring (bicyclic) bond motifs is 1. The van der Waals surface area contributed by atoms with Crippen molar-refractivity contribution in [2.75, 3.05) is 31.8 Å². The van der Waals surface area contributed by atoms with Crippen LogP contribution in [0.15, 0.2) is 106 Å². The molecule has 0 atom stereocenters.